The molecule has 2 aromatic heterocycles. The first-order valence-electron chi connectivity index (χ1n) is 10.3. The highest BCUT2D eigenvalue weighted by atomic mass is 32.2. The van der Waals surface area contributed by atoms with Crippen LogP contribution in [-0.4, -0.2) is 88.8 Å². The molecule has 2 aliphatic rings. The van der Waals surface area contributed by atoms with Crippen LogP contribution in [-0.2, 0) is 43.4 Å². The monoisotopic (exact) mass is 555 g/mol. The minimum atomic E-state index is -1.70. The van der Waals surface area contributed by atoms with Crippen LogP contribution in [0, 0.1) is 0 Å². The lowest BCUT2D eigenvalue weighted by molar-refractivity contribution is -0.192. The SMILES string of the molecule is COC1(NC(=O)Cc2sccc2CN)C(=O)N2C(C(=O)O)=C(CSc3nnnn3CC(=O)O)CS[C@@H]21. The number of thioether (sulfide) groups is 2. The number of hydrogen-bond donors (Lipinski definition) is 4. The van der Waals surface area contributed by atoms with Crippen LogP contribution in [0.2, 0.25) is 0 Å². The minimum Gasteiger partial charge on any atom is -0.480 e. The Morgan fingerprint density at radius 1 is 1.39 bits per heavy atom. The number of tetrazole rings is 1. The van der Waals surface area contributed by atoms with E-state index in [1.54, 1.807) is 0 Å². The zero-order valence-corrected chi connectivity index (χ0v) is 21.2. The molecule has 1 fully saturated rings. The summed E-state index contributed by atoms with van der Waals surface area (Å²) < 4.78 is 6.55. The van der Waals surface area contributed by atoms with Gasteiger partial charge in [0.25, 0.3) is 11.6 Å². The summed E-state index contributed by atoms with van der Waals surface area (Å²) in [7, 11) is 1.28. The number of ether oxygens (including phenoxy) is 1. The molecule has 5 N–H and O–H groups in total. The number of nitrogens with two attached hydrogens (primary N) is 1. The number of carboxylic acid groups (broad SMARTS) is 2. The summed E-state index contributed by atoms with van der Waals surface area (Å²) in [5.41, 5.74) is 5.05. The predicted molar refractivity (Wildman–Crippen MR) is 128 cm³/mol. The largest absolute Gasteiger partial charge is 0.480 e. The van der Waals surface area contributed by atoms with E-state index >= 15 is 0 Å². The average molecular weight is 556 g/mol. The molecule has 2 atom stereocenters. The number of carboxylic acids is 2. The van der Waals surface area contributed by atoms with Gasteiger partial charge < -0.3 is 26.0 Å². The zero-order chi connectivity index (χ0) is 26.0. The summed E-state index contributed by atoms with van der Waals surface area (Å²) in [6.07, 6.45) is 0.00849. The molecule has 0 spiro atoms. The summed E-state index contributed by atoms with van der Waals surface area (Å²) in [6, 6.07) is 1.83. The Labute approximate surface area is 216 Å². The van der Waals surface area contributed by atoms with Gasteiger partial charge in [-0.05, 0) is 33.0 Å². The first-order chi connectivity index (χ1) is 17.2. The molecule has 1 saturated heterocycles. The van der Waals surface area contributed by atoms with E-state index in [0.29, 0.717) is 5.57 Å². The van der Waals surface area contributed by atoms with Crippen molar-refractivity contribution in [2.24, 2.45) is 5.73 Å². The fourth-order valence-corrected chi connectivity index (χ4v) is 7.20. The van der Waals surface area contributed by atoms with E-state index in [4.69, 9.17) is 15.6 Å². The molecule has 2 aliphatic heterocycles. The number of β-lactam (4-membered cyclic amide) rings is 1. The van der Waals surface area contributed by atoms with Gasteiger partial charge in [0.15, 0.2) is 0 Å². The predicted octanol–water partition coefficient (Wildman–Crippen LogP) is -0.675. The number of hydrogen-bond acceptors (Lipinski definition) is 12. The van der Waals surface area contributed by atoms with Crippen LogP contribution in [0.1, 0.15) is 10.4 Å². The highest BCUT2D eigenvalue weighted by molar-refractivity contribution is 8.01. The molecule has 36 heavy (non-hydrogen) atoms. The number of nitrogens with zero attached hydrogens (tertiary/aromatic N) is 5. The first kappa shape index (κ1) is 26.1. The molecule has 2 amide bonds. The number of carbonyl (C=O) groups excluding carboxylic acids is 2. The van der Waals surface area contributed by atoms with Crippen molar-refractivity contribution in [1.82, 2.24) is 30.4 Å². The van der Waals surface area contributed by atoms with Gasteiger partial charge in [-0.3, -0.25) is 19.3 Å². The van der Waals surface area contributed by atoms with Gasteiger partial charge in [0, 0.05) is 30.0 Å². The molecular weight excluding hydrogens is 534 g/mol. The van der Waals surface area contributed by atoms with Gasteiger partial charge in [-0.2, -0.15) is 0 Å². The van der Waals surface area contributed by atoms with Crippen LogP contribution < -0.4 is 11.1 Å². The van der Waals surface area contributed by atoms with Crippen molar-refractivity contribution in [3.63, 3.8) is 0 Å². The zero-order valence-electron chi connectivity index (χ0n) is 18.7. The Balaban J connectivity index is 1.51. The van der Waals surface area contributed by atoms with E-state index < -0.39 is 41.4 Å². The number of thiophene rings is 1. The molecule has 2 aromatic rings. The molecule has 0 saturated carbocycles. The maximum atomic E-state index is 13.2. The van der Waals surface area contributed by atoms with Gasteiger partial charge in [-0.15, -0.1) is 28.2 Å². The molecule has 0 radical (unpaired) electrons. The Morgan fingerprint density at radius 3 is 2.83 bits per heavy atom. The number of nitrogens with one attached hydrogen (secondary N) is 1. The topological polar surface area (TPSA) is 203 Å². The van der Waals surface area contributed by atoms with Crippen molar-refractivity contribution in [3.05, 3.63) is 33.2 Å². The third-order valence-corrected chi connectivity index (χ3v) is 8.88. The Kier molecular flexibility index (Phi) is 7.65. The van der Waals surface area contributed by atoms with Crippen LogP contribution in [0.5, 0.6) is 0 Å². The van der Waals surface area contributed by atoms with Crippen molar-refractivity contribution in [2.75, 3.05) is 18.6 Å². The van der Waals surface area contributed by atoms with E-state index in [1.807, 2.05) is 11.4 Å². The van der Waals surface area contributed by atoms with Crippen LogP contribution in [0.25, 0.3) is 0 Å². The number of fused-ring (bicyclic) bond motifs is 1. The van der Waals surface area contributed by atoms with Crippen LogP contribution in [0.4, 0.5) is 0 Å². The molecule has 0 aromatic carbocycles. The number of amides is 2. The van der Waals surface area contributed by atoms with Crippen molar-refractivity contribution < 1.29 is 34.1 Å². The third-order valence-electron chi connectivity index (χ3n) is 5.50. The van der Waals surface area contributed by atoms with Gasteiger partial charge >= 0.3 is 11.9 Å². The van der Waals surface area contributed by atoms with Gasteiger partial charge in [0.05, 0.1) is 6.42 Å². The fourth-order valence-electron chi connectivity index (χ4n) is 3.83. The summed E-state index contributed by atoms with van der Waals surface area (Å²) in [6.45, 7) is -0.168. The summed E-state index contributed by atoms with van der Waals surface area (Å²) in [5, 5.41) is 33.6. The third kappa shape index (κ3) is 4.71. The Hall–Kier alpha value is -2.99. The molecule has 0 aliphatic carbocycles. The maximum absolute atomic E-state index is 13.2. The highest BCUT2D eigenvalue weighted by Crippen LogP contribution is 2.47. The van der Waals surface area contributed by atoms with Crippen LogP contribution >= 0.6 is 34.9 Å². The summed E-state index contributed by atoms with van der Waals surface area (Å²) >= 11 is 3.68. The molecule has 14 nitrogen and oxygen atoms in total. The standard InChI is InChI=1S/C19H21N7O7S3/c1-33-19(21-12(27)4-11-9(5-20)2-3-34-11)16(32)26-14(15(30)31)10(7-35-17(19)26)8-36-18-22-23-24-25(18)6-13(28)29/h2-3,17H,4-8,20H2,1H3,(H,21,27)(H,28,29)(H,30,31)/t17-,19?/m1/s1. The summed E-state index contributed by atoms with van der Waals surface area (Å²) in [4.78, 5) is 51.0. The van der Waals surface area contributed by atoms with Crippen LogP contribution in [0.3, 0.4) is 0 Å². The van der Waals surface area contributed by atoms with E-state index in [0.717, 1.165) is 31.8 Å². The van der Waals surface area contributed by atoms with Crippen molar-refractivity contribution >= 4 is 58.6 Å². The lowest BCUT2D eigenvalue weighted by Crippen LogP contribution is -2.80. The molecular formula is C19H21N7O7S3. The number of carbonyl (C=O) groups is 4. The van der Waals surface area contributed by atoms with Gasteiger partial charge in [-0.1, -0.05) is 11.8 Å². The normalized spacial score (nSPS) is 21.2. The lowest BCUT2D eigenvalue weighted by atomic mass is 9.98. The maximum Gasteiger partial charge on any atom is 0.352 e. The number of rotatable bonds is 11. The van der Waals surface area contributed by atoms with Crippen molar-refractivity contribution in [3.8, 4) is 0 Å². The van der Waals surface area contributed by atoms with E-state index in [-0.39, 0.29) is 35.3 Å². The first-order valence-corrected chi connectivity index (χ1v) is 13.3. The molecule has 4 heterocycles. The highest BCUT2D eigenvalue weighted by Gasteiger charge is 2.66. The summed E-state index contributed by atoms with van der Waals surface area (Å²) in [5.74, 6) is -3.25. The minimum absolute atomic E-state index is 0.00849. The average Bonchev–Trinajstić information content (AvgIpc) is 3.48. The van der Waals surface area contributed by atoms with E-state index in [9.17, 15) is 24.3 Å². The second-order valence-corrected chi connectivity index (χ2v) is 10.6. The fraction of sp³-hybridized carbons (Fsp3) is 0.421. The van der Waals surface area contributed by atoms with Crippen molar-refractivity contribution in [2.45, 2.75) is 35.8 Å². The van der Waals surface area contributed by atoms with Crippen molar-refractivity contribution in [1.29, 1.82) is 0 Å². The molecule has 4 rings (SSSR count). The van der Waals surface area contributed by atoms with E-state index in [1.165, 1.54) is 30.2 Å². The number of aliphatic carboxylic acids is 2. The lowest BCUT2D eigenvalue weighted by Gasteiger charge is -2.55. The van der Waals surface area contributed by atoms with E-state index in [2.05, 4.69) is 20.8 Å². The Bertz CT molecular complexity index is 1250. The quantitative estimate of drug-likeness (QED) is 0.154. The molecule has 192 valence electrons. The number of methoxy groups -OCH3 is 1. The van der Waals surface area contributed by atoms with Crippen LogP contribution in [0.15, 0.2) is 27.9 Å². The molecule has 1 unspecified atom stereocenters. The Morgan fingerprint density at radius 2 is 2.17 bits per heavy atom. The molecule has 0 bridgehead atoms. The smallest absolute Gasteiger partial charge is 0.352 e. The van der Waals surface area contributed by atoms with Gasteiger partial charge in [0.2, 0.25) is 11.1 Å². The molecule has 17 heteroatoms. The van der Waals surface area contributed by atoms with Gasteiger partial charge in [-0.25, -0.2) is 9.48 Å². The second kappa shape index (κ2) is 10.6. The van der Waals surface area contributed by atoms with Gasteiger partial charge in [0.1, 0.15) is 17.6 Å². The number of aromatic nitrogens is 4. The second-order valence-electron chi connectivity index (χ2n) is 7.64.